The number of hydrogen-bond acceptors (Lipinski definition) is 8. The number of carbonyl (C=O) groups is 1. The molecule has 35 heavy (non-hydrogen) atoms. The van der Waals surface area contributed by atoms with Crippen LogP contribution in [0, 0.1) is 6.92 Å². The molecular formula is C27H28N2O6. The minimum Gasteiger partial charge on any atom is -0.497 e. The zero-order valence-electron chi connectivity index (χ0n) is 20.4. The van der Waals surface area contributed by atoms with Crippen molar-refractivity contribution >= 4 is 11.7 Å². The highest BCUT2D eigenvalue weighted by Crippen LogP contribution is 2.51. The molecule has 2 atom stereocenters. The van der Waals surface area contributed by atoms with E-state index in [0.717, 1.165) is 28.1 Å². The molecule has 1 N–H and O–H groups in total. The molecule has 3 aromatic rings. The summed E-state index contributed by atoms with van der Waals surface area (Å²) in [5, 5.41) is 7.56. The summed E-state index contributed by atoms with van der Waals surface area (Å²) >= 11 is 0. The Morgan fingerprint density at radius 1 is 0.914 bits per heavy atom. The van der Waals surface area contributed by atoms with Crippen LogP contribution in [0.3, 0.4) is 0 Å². The number of fused-ring (bicyclic) bond motifs is 1. The minimum atomic E-state index is -0.378. The Morgan fingerprint density at radius 2 is 1.66 bits per heavy atom. The first kappa shape index (κ1) is 22.8. The number of hydrogen-bond donors (Lipinski definition) is 1. The molecule has 1 aliphatic heterocycles. The van der Waals surface area contributed by atoms with Crippen LogP contribution in [-0.4, -0.2) is 39.4 Å². The van der Waals surface area contributed by atoms with Gasteiger partial charge in [-0.2, -0.15) is 0 Å². The normalized spacial score (nSPS) is 18.9. The summed E-state index contributed by atoms with van der Waals surface area (Å²) in [6, 6.07) is 11.4. The van der Waals surface area contributed by atoms with Crippen molar-refractivity contribution in [1.82, 2.24) is 5.16 Å². The molecule has 182 valence electrons. The molecule has 0 bridgehead atoms. The molecule has 0 saturated heterocycles. The van der Waals surface area contributed by atoms with E-state index < -0.39 is 0 Å². The van der Waals surface area contributed by atoms with Gasteiger partial charge in [0.2, 0.25) is 5.88 Å². The van der Waals surface area contributed by atoms with Crippen molar-refractivity contribution in [1.29, 1.82) is 0 Å². The number of Topliss-reactive ketones (excluding diaryl/α,β-unsaturated/α-hetero) is 1. The van der Waals surface area contributed by atoms with Gasteiger partial charge in [0, 0.05) is 23.3 Å². The van der Waals surface area contributed by atoms with Gasteiger partial charge in [0.25, 0.3) is 0 Å². The molecule has 0 amide bonds. The molecule has 2 aliphatic rings. The minimum absolute atomic E-state index is 0.0213. The van der Waals surface area contributed by atoms with E-state index in [0.29, 0.717) is 47.3 Å². The highest BCUT2D eigenvalue weighted by atomic mass is 16.5. The number of nitrogens with zero attached hydrogens (tertiary/aromatic N) is 1. The van der Waals surface area contributed by atoms with Crippen LogP contribution in [0.5, 0.6) is 23.0 Å². The third kappa shape index (κ3) is 3.79. The number of anilines is 1. The van der Waals surface area contributed by atoms with E-state index in [4.69, 9.17) is 23.5 Å². The Balaban J connectivity index is 1.62. The number of aryl methyl sites for hydroxylation is 1. The quantitative estimate of drug-likeness (QED) is 0.533. The average molecular weight is 477 g/mol. The first-order valence-electron chi connectivity index (χ1n) is 11.4. The first-order valence-corrected chi connectivity index (χ1v) is 11.4. The highest BCUT2D eigenvalue weighted by Gasteiger charge is 2.42. The van der Waals surface area contributed by atoms with E-state index in [1.54, 1.807) is 28.4 Å². The Labute approximate surface area is 203 Å². The van der Waals surface area contributed by atoms with Crippen LogP contribution >= 0.6 is 0 Å². The number of benzene rings is 2. The third-order valence-corrected chi connectivity index (χ3v) is 6.88. The molecule has 1 aromatic heterocycles. The zero-order chi connectivity index (χ0) is 24.7. The van der Waals surface area contributed by atoms with Gasteiger partial charge in [-0.25, -0.2) is 0 Å². The van der Waals surface area contributed by atoms with Crippen LogP contribution in [0.25, 0.3) is 0 Å². The van der Waals surface area contributed by atoms with Gasteiger partial charge < -0.3 is 28.8 Å². The molecular weight excluding hydrogens is 448 g/mol. The first-order chi connectivity index (χ1) is 17.0. The lowest BCUT2D eigenvalue weighted by Crippen LogP contribution is -2.29. The fourth-order valence-electron chi connectivity index (χ4n) is 5.19. The topological polar surface area (TPSA) is 92.0 Å². The summed E-state index contributed by atoms with van der Waals surface area (Å²) in [5.74, 6) is 2.87. The molecule has 0 fully saturated rings. The second-order valence-corrected chi connectivity index (χ2v) is 8.71. The molecule has 8 heteroatoms. The van der Waals surface area contributed by atoms with Crippen LogP contribution in [-0.2, 0) is 4.79 Å². The lowest BCUT2D eigenvalue weighted by atomic mass is 9.72. The number of rotatable bonds is 6. The smallest absolute Gasteiger partial charge is 0.233 e. The summed E-state index contributed by atoms with van der Waals surface area (Å²) < 4.78 is 27.7. The van der Waals surface area contributed by atoms with Gasteiger partial charge in [-0.05, 0) is 55.2 Å². The number of methoxy groups -OCH3 is 4. The zero-order valence-corrected chi connectivity index (χ0v) is 20.4. The molecule has 0 unspecified atom stereocenters. The maximum absolute atomic E-state index is 13.8. The molecule has 0 spiro atoms. The fraction of sp³-hybridized carbons (Fsp3) is 0.333. The number of carbonyl (C=O) groups excluding carboxylic acids is 1. The summed E-state index contributed by atoms with van der Waals surface area (Å²) in [6.45, 7) is 1.88. The summed E-state index contributed by atoms with van der Waals surface area (Å²) in [5.41, 5.74) is 4.97. The van der Waals surface area contributed by atoms with E-state index in [2.05, 4.69) is 10.5 Å². The average Bonchev–Trinajstić information content (AvgIpc) is 3.26. The Morgan fingerprint density at radius 3 is 2.37 bits per heavy atom. The predicted octanol–water partition coefficient (Wildman–Crippen LogP) is 4.98. The second-order valence-electron chi connectivity index (χ2n) is 8.71. The highest BCUT2D eigenvalue weighted by molar-refractivity contribution is 6.01. The van der Waals surface area contributed by atoms with Crippen molar-refractivity contribution in [2.24, 2.45) is 0 Å². The predicted molar refractivity (Wildman–Crippen MR) is 130 cm³/mol. The second kappa shape index (κ2) is 9.02. The Bertz CT molecular complexity index is 1330. The van der Waals surface area contributed by atoms with Gasteiger partial charge >= 0.3 is 0 Å². The van der Waals surface area contributed by atoms with E-state index in [1.165, 1.54) is 0 Å². The summed E-state index contributed by atoms with van der Waals surface area (Å²) in [7, 11) is 6.46. The maximum atomic E-state index is 13.8. The SMILES string of the molecule is COc1ccc(OC)c([C@@H]2C3=C(C[C@H](c4ccc(OC)c(OC)c4)CC3=O)Nc3onc(C)c32)c1. The van der Waals surface area contributed by atoms with Crippen LogP contribution in [0.15, 0.2) is 52.2 Å². The fourth-order valence-corrected chi connectivity index (χ4v) is 5.19. The van der Waals surface area contributed by atoms with Gasteiger partial charge in [-0.3, -0.25) is 4.79 Å². The van der Waals surface area contributed by atoms with Crippen molar-refractivity contribution in [2.75, 3.05) is 33.8 Å². The van der Waals surface area contributed by atoms with Crippen molar-refractivity contribution in [2.45, 2.75) is 31.6 Å². The number of aromatic nitrogens is 1. The molecule has 8 nitrogen and oxygen atoms in total. The largest absolute Gasteiger partial charge is 0.497 e. The van der Waals surface area contributed by atoms with Gasteiger partial charge in [0.1, 0.15) is 11.5 Å². The van der Waals surface area contributed by atoms with Crippen LogP contribution in [0.2, 0.25) is 0 Å². The van der Waals surface area contributed by atoms with Crippen molar-refractivity contribution in [3.8, 4) is 23.0 Å². The molecule has 0 saturated carbocycles. The number of nitrogens with one attached hydrogen (secondary N) is 1. The van der Waals surface area contributed by atoms with Gasteiger partial charge in [0.15, 0.2) is 17.3 Å². The van der Waals surface area contributed by atoms with E-state index >= 15 is 0 Å². The van der Waals surface area contributed by atoms with Gasteiger partial charge in [0.05, 0.1) is 45.6 Å². The van der Waals surface area contributed by atoms with E-state index in [1.807, 2.05) is 43.3 Å². The Hall–Kier alpha value is -3.94. The van der Waals surface area contributed by atoms with E-state index in [9.17, 15) is 4.79 Å². The summed E-state index contributed by atoms with van der Waals surface area (Å²) in [6.07, 6.45) is 1.01. The number of ether oxygens (including phenoxy) is 4. The molecule has 5 rings (SSSR count). The van der Waals surface area contributed by atoms with Crippen molar-refractivity contribution in [3.63, 3.8) is 0 Å². The number of ketones is 1. The third-order valence-electron chi connectivity index (χ3n) is 6.88. The van der Waals surface area contributed by atoms with Crippen LogP contribution < -0.4 is 24.3 Å². The number of allylic oxidation sites excluding steroid dienone is 2. The van der Waals surface area contributed by atoms with Crippen molar-refractivity contribution < 1.29 is 28.3 Å². The molecule has 2 aromatic carbocycles. The molecule has 2 heterocycles. The summed E-state index contributed by atoms with van der Waals surface area (Å²) in [4.78, 5) is 13.8. The monoisotopic (exact) mass is 476 g/mol. The maximum Gasteiger partial charge on any atom is 0.233 e. The van der Waals surface area contributed by atoms with Gasteiger partial charge in [-0.15, -0.1) is 0 Å². The lowest BCUT2D eigenvalue weighted by Gasteiger charge is -2.35. The van der Waals surface area contributed by atoms with Crippen LogP contribution in [0.4, 0.5) is 5.88 Å². The standard InChI is InChI=1S/C27H28N2O6/c1-14-24-25(18-13-17(31-2)7-9-21(18)32-3)26-19(28-27(24)35-29-14)10-16(11-20(26)30)15-6-8-22(33-4)23(12-15)34-5/h6-9,12-13,16,25,28H,10-11H2,1-5H3/t16-,25-/m0/s1. The molecule has 0 radical (unpaired) electrons. The van der Waals surface area contributed by atoms with Crippen LogP contribution in [0.1, 0.15) is 47.1 Å². The van der Waals surface area contributed by atoms with Crippen molar-refractivity contribution in [3.05, 3.63) is 70.1 Å². The Kier molecular flexibility index (Phi) is 5.88. The van der Waals surface area contributed by atoms with Gasteiger partial charge in [-0.1, -0.05) is 11.2 Å². The molecule has 1 aliphatic carbocycles. The van der Waals surface area contributed by atoms with E-state index in [-0.39, 0.29) is 17.6 Å². The lowest BCUT2D eigenvalue weighted by molar-refractivity contribution is -0.116.